The molecule has 1 aromatic carbocycles. The Kier molecular flexibility index (Phi) is 3.82. The summed E-state index contributed by atoms with van der Waals surface area (Å²) in [6, 6.07) is 10.3. The van der Waals surface area contributed by atoms with Crippen molar-refractivity contribution in [2.75, 3.05) is 18.5 Å². The normalized spacial score (nSPS) is 11.2. The van der Waals surface area contributed by atoms with Gasteiger partial charge in [-0.2, -0.15) is 0 Å². The van der Waals surface area contributed by atoms with E-state index in [9.17, 15) is 0 Å². The fraction of sp³-hybridized carbons (Fsp3) is 0.400. The van der Waals surface area contributed by atoms with Crippen molar-refractivity contribution >= 4 is 16.7 Å². The number of pyridine rings is 1. The van der Waals surface area contributed by atoms with Crippen molar-refractivity contribution in [3.05, 3.63) is 35.9 Å². The molecule has 0 atom stereocenters. The van der Waals surface area contributed by atoms with E-state index in [1.54, 1.807) is 0 Å². The zero-order valence-corrected chi connectivity index (χ0v) is 11.4. The zero-order chi connectivity index (χ0) is 13.1. The minimum atomic E-state index is 0.547. The standard InChI is InChI=1S/C15H21N3/c1-11(2)10-18(3)15-8-12(9-16)13-6-4-5-7-14(13)17-15/h4-8,11H,9-10,16H2,1-3H3. The molecule has 2 N–H and O–H groups in total. The molecule has 0 aliphatic carbocycles. The second kappa shape index (κ2) is 5.36. The summed E-state index contributed by atoms with van der Waals surface area (Å²) in [7, 11) is 2.08. The van der Waals surface area contributed by atoms with Crippen molar-refractivity contribution in [3.8, 4) is 0 Å². The van der Waals surface area contributed by atoms with Crippen LogP contribution < -0.4 is 10.6 Å². The molecule has 0 radical (unpaired) electrons. The van der Waals surface area contributed by atoms with Gasteiger partial charge in [-0.05, 0) is 23.6 Å². The molecule has 0 spiro atoms. The Morgan fingerprint density at radius 2 is 2.00 bits per heavy atom. The average molecular weight is 243 g/mol. The number of para-hydroxylation sites is 1. The van der Waals surface area contributed by atoms with E-state index in [0.717, 1.165) is 28.8 Å². The Morgan fingerprint density at radius 3 is 2.67 bits per heavy atom. The molecule has 0 saturated heterocycles. The number of hydrogen-bond donors (Lipinski definition) is 1. The summed E-state index contributed by atoms with van der Waals surface area (Å²) in [6.45, 7) is 5.96. The van der Waals surface area contributed by atoms with Crippen LogP contribution >= 0.6 is 0 Å². The van der Waals surface area contributed by atoms with Crippen molar-refractivity contribution in [1.82, 2.24) is 4.98 Å². The van der Waals surface area contributed by atoms with Crippen molar-refractivity contribution in [2.45, 2.75) is 20.4 Å². The molecular formula is C15H21N3. The molecule has 0 fully saturated rings. The van der Waals surface area contributed by atoms with E-state index in [1.807, 2.05) is 18.2 Å². The van der Waals surface area contributed by atoms with Crippen molar-refractivity contribution in [3.63, 3.8) is 0 Å². The van der Waals surface area contributed by atoms with Gasteiger partial charge in [0.25, 0.3) is 0 Å². The molecule has 1 heterocycles. The van der Waals surface area contributed by atoms with Crippen LogP contribution in [0.4, 0.5) is 5.82 Å². The van der Waals surface area contributed by atoms with Gasteiger partial charge in [0.2, 0.25) is 0 Å². The zero-order valence-electron chi connectivity index (χ0n) is 11.4. The minimum Gasteiger partial charge on any atom is -0.359 e. The van der Waals surface area contributed by atoms with Crippen LogP contribution in [0.15, 0.2) is 30.3 Å². The molecule has 1 aromatic heterocycles. The molecule has 0 bridgehead atoms. The SMILES string of the molecule is CC(C)CN(C)c1cc(CN)c2ccccc2n1. The van der Waals surface area contributed by atoms with E-state index < -0.39 is 0 Å². The summed E-state index contributed by atoms with van der Waals surface area (Å²) in [5, 5.41) is 1.15. The predicted octanol–water partition coefficient (Wildman–Crippen LogP) is 2.79. The van der Waals surface area contributed by atoms with Crippen LogP contribution in [0.5, 0.6) is 0 Å². The van der Waals surface area contributed by atoms with Crippen LogP contribution in [-0.4, -0.2) is 18.6 Å². The summed E-state index contributed by atoms with van der Waals surface area (Å²) >= 11 is 0. The molecule has 0 unspecified atom stereocenters. The van der Waals surface area contributed by atoms with Gasteiger partial charge in [-0.1, -0.05) is 32.0 Å². The van der Waals surface area contributed by atoms with Gasteiger partial charge in [0.05, 0.1) is 5.52 Å². The first-order valence-corrected chi connectivity index (χ1v) is 6.41. The maximum Gasteiger partial charge on any atom is 0.129 e. The smallest absolute Gasteiger partial charge is 0.129 e. The number of hydrogen-bond acceptors (Lipinski definition) is 3. The third-order valence-corrected chi connectivity index (χ3v) is 3.04. The number of nitrogens with zero attached hydrogens (tertiary/aromatic N) is 2. The van der Waals surface area contributed by atoms with Gasteiger partial charge in [-0.3, -0.25) is 0 Å². The van der Waals surface area contributed by atoms with E-state index in [4.69, 9.17) is 10.7 Å². The fourth-order valence-electron chi connectivity index (χ4n) is 2.24. The fourth-order valence-corrected chi connectivity index (χ4v) is 2.24. The predicted molar refractivity (Wildman–Crippen MR) is 77.7 cm³/mol. The maximum absolute atomic E-state index is 5.84. The monoisotopic (exact) mass is 243 g/mol. The van der Waals surface area contributed by atoms with E-state index in [0.29, 0.717) is 12.5 Å². The first kappa shape index (κ1) is 12.8. The highest BCUT2D eigenvalue weighted by Gasteiger charge is 2.09. The van der Waals surface area contributed by atoms with Crippen LogP contribution in [0.1, 0.15) is 19.4 Å². The van der Waals surface area contributed by atoms with Crippen LogP contribution in [-0.2, 0) is 6.54 Å². The topological polar surface area (TPSA) is 42.1 Å². The average Bonchev–Trinajstić information content (AvgIpc) is 2.36. The third kappa shape index (κ3) is 2.62. The minimum absolute atomic E-state index is 0.547. The van der Waals surface area contributed by atoms with Crippen molar-refractivity contribution in [1.29, 1.82) is 0 Å². The molecule has 18 heavy (non-hydrogen) atoms. The van der Waals surface area contributed by atoms with Gasteiger partial charge in [-0.25, -0.2) is 4.98 Å². The first-order valence-electron chi connectivity index (χ1n) is 6.41. The molecule has 3 heteroatoms. The highest BCUT2D eigenvalue weighted by molar-refractivity contribution is 5.84. The van der Waals surface area contributed by atoms with Crippen LogP contribution in [0.25, 0.3) is 10.9 Å². The first-order chi connectivity index (χ1) is 8.61. The van der Waals surface area contributed by atoms with E-state index in [-0.39, 0.29) is 0 Å². The van der Waals surface area contributed by atoms with Gasteiger partial charge in [0, 0.05) is 25.5 Å². The third-order valence-electron chi connectivity index (χ3n) is 3.04. The van der Waals surface area contributed by atoms with E-state index in [1.165, 1.54) is 0 Å². The molecule has 0 amide bonds. The highest BCUT2D eigenvalue weighted by atomic mass is 15.2. The number of fused-ring (bicyclic) bond motifs is 1. The summed E-state index contributed by atoms with van der Waals surface area (Å²) in [5.41, 5.74) is 8.02. The summed E-state index contributed by atoms with van der Waals surface area (Å²) < 4.78 is 0. The van der Waals surface area contributed by atoms with Crippen LogP contribution in [0.3, 0.4) is 0 Å². The van der Waals surface area contributed by atoms with E-state index >= 15 is 0 Å². The lowest BCUT2D eigenvalue weighted by Crippen LogP contribution is -2.23. The molecule has 2 aromatic rings. The summed E-state index contributed by atoms with van der Waals surface area (Å²) in [5.74, 6) is 1.62. The van der Waals surface area contributed by atoms with Gasteiger partial charge < -0.3 is 10.6 Å². The number of aromatic nitrogens is 1. The lowest BCUT2D eigenvalue weighted by molar-refractivity contribution is 0.635. The van der Waals surface area contributed by atoms with Gasteiger partial charge in [0.15, 0.2) is 0 Å². The van der Waals surface area contributed by atoms with Crippen LogP contribution in [0.2, 0.25) is 0 Å². The second-order valence-electron chi connectivity index (χ2n) is 5.14. The van der Waals surface area contributed by atoms with Crippen molar-refractivity contribution < 1.29 is 0 Å². The van der Waals surface area contributed by atoms with Gasteiger partial charge in [-0.15, -0.1) is 0 Å². The van der Waals surface area contributed by atoms with Crippen molar-refractivity contribution in [2.24, 2.45) is 11.7 Å². The molecule has 0 aliphatic rings. The molecule has 3 nitrogen and oxygen atoms in total. The lowest BCUT2D eigenvalue weighted by atomic mass is 10.1. The number of benzene rings is 1. The Bertz CT molecular complexity index is 534. The maximum atomic E-state index is 5.84. The molecular weight excluding hydrogens is 222 g/mol. The summed E-state index contributed by atoms with van der Waals surface area (Å²) in [6.07, 6.45) is 0. The Hall–Kier alpha value is -1.61. The van der Waals surface area contributed by atoms with Crippen LogP contribution in [0, 0.1) is 5.92 Å². The molecule has 2 rings (SSSR count). The largest absolute Gasteiger partial charge is 0.359 e. The second-order valence-corrected chi connectivity index (χ2v) is 5.14. The number of rotatable bonds is 4. The highest BCUT2D eigenvalue weighted by Crippen LogP contribution is 2.22. The quantitative estimate of drug-likeness (QED) is 0.898. The van der Waals surface area contributed by atoms with Gasteiger partial charge >= 0.3 is 0 Å². The number of nitrogens with two attached hydrogens (primary N) is 1. The molecule has 96 valence electrons. The Morgan fingerprint density at radius 1 is 1.28 bits per heavy atom. The molecule has 0 aliphatic heterocycles. The van der Waals surface area contributed by atoms with E-state index in [2.05, 4.69) is 37.9 Å². The summed E-state index contributed by atoms with van der Waals surface area (Å²) in [4.78, 5) is 6.90. The van der Waals surface area contributed by atoms with Gasteiger partial charge in [0.1, 0.15) is 5.82 Å². The Balaban J connectivity index is 2.46. The number of anilines is 1. The lowest BCUT2D eigenvalue weighted by Gasteiger charge is -2.21. The Labute approximate surface area is 109 Å². The molecule has 0 saturated carbocycles.